The second-order valence-electron chi connectivity index (χ2n) is 9.36. The van der Waals surface area contributed by atoms with Gasteiger partial charge in [0.15, 0.2) is 0 Å². The number of alkyl halides is 3. The molecule has 35 heavy (non-hydrogen) atoms. The fraction of sp³-hybridized carbons (Fsp3) is 0.522. The van der Waals surface area contributed by atoms with E-state index in [0.717, 1.165) is 31.6 Å². The van der Waals surface area contributed by atoms with E-state index in [0.29, 0.717) is 23.5 Å². The lowest BCUT2D eigenvalue weighted by molar-refractivity contribution is -0.274. The molecule has 3 atom stereocenters. The summed E-state index contributed by atoms with van der Waals surface area (Å²) in [6.07, 6.45) is -2.44. The van der Waals surface area contributed by atoms with Gasteiger partial charge in [0.05, 0.1) is 11.7 Å². The Morgan fingerprint density at radius 3 is 2.31 bits per heavy atom. The number of benzene rings is 1. The van der Waals surface area contributed by atoms with Gasteiger partial charge in [0, 0.05) is 19.1 Å². The normalized spacial score (nSPS) is 22.0. The molecular weight excluding hydrogens is 481 g/mol. The Kier molecular flexibility index (Phi) is 6.24. The van der Waals surface area contributed by atoms with Crippen LogP contribution in [-0.4, -0.2) is 44.6 Å². The van der Waals surface area contributed by atoms with Crippen molar-refractivity contribution in [3.63, 3.8) is 0 Å². The van der Waals surface area contributed by atoms with Crippen LogP contribution in [0.5, 0.6) is 17.5 Å². The molecule has 2 fully saturated rings. The highest BCUT2D eigenvalue weighted by molar-refractivity contribution is 7.10. The van der Waals surface area contributed by atoms with Crippen LogP contribution >= 0.6 is 11.5 Å². The van der Waals surface area contributed by atoms with Gasteiger partial charge in [-0.2, -0.15) is 9.36 Å². The Labute approximate surface area is 205 Å². The van der Waals surface area contributed by atoms with Gasteiger partial charge in [-0.05, 0) is 87.3 Å². The maximum Gasteiger partial charge on any atom is 0.573 e. The first-order valence-electron chi connectivity index (χ1n) is 11.6. The molecule has 188 valence electrons. The van der Waals surface area contributed by atoms with Crippen LogP contribution in [-0.2, 0) is 0 Å². The minimum Gasteiger partial charge on any atom is -0.424 e. The quantitative estimate of drug-likeness (QED) is 0.442. The van der Waals surface area contributed by atoms with Gasteiger partial charge < -0.3 is 19.7 Å². The van der Waals surface area contributed by atoms with Crippen LogP contribution in [0.1, 0.15) is 38.4 Å². The molecule has 3 aromatic rings. The highest BCUT2D eigenvalue weighted by Crippen LogP contribution is 2.41. The van der Waals surface area contributed by atoms with E-state index in [-0.39, 0.29) is 23.8 Å². The molecule has 0 spiro atoms. The van der Waals surface area contributed by atoms with Crippen molar-refractivity contribution in [3.05, 3.63) is 36.0 Å². The van der Waals surface area contributed by atoms with Crippen molar-refractivity contribution in [1.29, 1.82) is 0 Å². The summed E-state index contributed by atoms with van der Waals surface area (Å²) in [4.78, 5) is 7.00. The van der Waals surface area contributed by atoms with E-state index in [2.05, 4.69) is 35.5 Å². The fourth-order valence-corrected chi connectivity index (χ4v) is 5.66. The van der Waals surface area contributed by atoms with E-state index >= 15 is 0 Å². The molecule has 1 aliphatic heterocycles. The lowest BCUT2D eigenvalue weighted by Gasteiger charge is -2.38. The average molecular weight is 509 g/mol. The van der Waals surface area contributed by atoms with E-state index in [1.54, 1.807) is 16.2 Å². The lowest BCUT2D eigenvalue weighted by Crippen LogP contribution is -2.48. The van der Waals surface area contributed by atoms with Crippen LogP contribution in [0, 0.1) is 18.8 Å². The number of piperidine rings is 1. The topological polar surface area (TPSA) is 77.3 Å². The van der Waals surface area contributed by atoms with E-state index in [1.165, 1.54) is 29.3 Å². The summed E-state index contributed by atoms with van der Waals surface area (Å²) in [5.41, 5.74) is 1.05. The van der Waals surface area contributed by atoms with Gasteiger partial charge in [-0.15, -0.1) is 18.3 Å². The zero-order chi connectivity index (χ0) is 24.7. The number of nitrogens with zero attached hydrogens (tertiary/aromatic N) is 5. The Morgan fingerprint density at radius 2 is 1.74 bits per heavy atom. The number of hydrogen-bond donors (Lipinski definition) is 1. The monoisotopic (exact) mass is 508 g/mol. The van der Waals surface area contributed by atoms with Gasteiger partial charge in [0.1, 0.15) is 16.5 Å². The maximum absolute atomic E-state index is 12.4. The Morgan fingerprint density at radius 1 is 1.09 bits per heavy atom. The molecule has 8 nitrogen and oxygen atoms in total. The number of anilines is 2. The Balaban J connectivity index is 1.28. The average Bonchev–Trinajstić information content (AvgIpc) is 3.45. The number of aryl methyl sites for hydroxylation is 1. The SMILES string of the molecule is Cc1cc(N2C[C@H]3CC[C@@H](C2)[C@H]3Nc2nc(Oc3ccc(OC(F)(F)F)cc3)n(C(C)C)n2)sn1. The fourth-order valence-electron chi connectivity index (χ4n) is 4.88. The number of fused-ring (bicyclic) bond motifs is 2. The van der Waals surface area contributed by atoms with Crippen molar-refractivity contribution in [2.24, 2.45) is 11.8 Å². The number of nitrogens with one attached hydrogen (secondary N) is 1. The highest BCUT2D eigenvalue weighted by Gasteiger charge is 2.43. The van der Waals surface area contributed by atoms with Gasteiger partial charge in [0.25, 0.3) is 0 Å². The number of rotatable bonds is 7. The first-order chi connectivity index (χ1) is 16.6. The molecule has 0 unspecified atom stereocenters. The first kappa shape index (κ1) is 23.7. The van der Waals surface area contributed by atoms with Crippen molar-refractivity contribution in [1.82, 2.24) is 19.1 Å². The molecule has 2 aliphatic rings. The highest BCUT2D eigenvalue weighted by atomic mass is 32.1. The van der Waals surface area contributed by atoms with E-state index in [9.17, 15) is 13.2 Å². The van der Waals surface area contributed by atoms with Crippen molar-refractivity contribution < 1.29 is 22.6 Å². The summed E-state index contributed by atoms with van der Waals surface area (Å²) in [5.74, 6) is 1.48. The maximum atomic E-state index is 12.4. The molecule has 1 N–H and O–H groups in total. The predicted molar refractivity (Wildman–Crippen MR) is 126 cm³/mol. The molecule has 1 saturated carbocycles. The van der Waals surface area contributed by atoms with Crippen molar-refractivity contribution >= 4 is 22.5 Å². The zero-order valence-corrected chi connectivity index (χ0v) is 20.4. The van der Waals surface area contributed by atoms with Crippen LogP contribution in [0.4, 0.5) is 24.1 Å². The van der Waals surface area contributed by atoms with E-state index in [4.69, 9.17) is 4.74 Å². The van der Waals surface area contributed by atoms with Crippen molar-refractivity contribution in [3.8, 4) is 17.5 Å². The predicted octanol–water partition coefficient (Wildman–Crippen LogP) is 5.64. The summed E-state index contributed by atoms with van der Waals surface area (Å²) in [5, 5.41) is 9.39. The van der Waals surface area contributed by atoms with Crippen LogP contribution in [0.25, 0.3) is 0 Å². The van der Waals surface area contributed by atoms with Crippen LogP contribution < -0.4 is 19.7 Å². The van der Waals surface area contributed by atoms with Crippen LogP contribution in [0.15, 0.2) is 30.3 Å². The van der Waals surface area contributed by atoms with E-state index in [1.807, 2.05) is 20.8 Å². The summed E-state index contributed by atoms with van der Waals surface area (Å²) in [7, 11) is 0. The molecule has 5 rings (SSSR count). The van der Waals surface area contributed by atoms with Crippen LogP contribution in [0.3, 0.4) is 0 Å². The van der Waals surface area contributed by atoms with Crippen LogP contribution in [0.2, 0.25) is 0 Å². The Bertz CT molecular complexity index is 1150. The molecule has 0 amide bonds. The number of hydrogen-bond acceptors (Lipinski definition) is 8. The second-order valence-corrected chi connectivity index (χ2v) is 10.1. The molecule has 1 aromatic carbocycles. The number of ether oxygens (including phenoxy) is 2. The van der Waals surface area contributed by atoms with Gasteiger partial charge in [-0.1, -0.05) is 0 Å². The second kappa shape index (κ2) is 9.21. The molecule has 1 saturated heterocycles. The minimum atomic E-state index is -4.74. The standard InChI is InChI=1S/C23H27F3N6O2S/c1-13(2)32-22(33-17-6-8-18(9-7-17)34-23(24,25)26)28-21(29-32)27-20-15-4-5-16(20)12-31(11-15)19-10-14(3)30-35-19/h6-10,13,15-16,20H,4-5,11-12H2,1-3H3,(H,27,29)/t15-,16+,20+. The van der Waals surface area contributed by atoms with Crippen molar-refractivity contribution in [2.45, 2.75) is 52.1 Å². The third kappa shape index (κ3) is 5.31. The van der Waals surface area contributed by atoms with Gasteiger partial charge in [-0.25, -0.2) is 4.68 Å². The molecule has 12 heteroatoms. The van der Waals surface area contributed by atoms with Gasteiger partial charge in [0.2, 0.25) is 5.95 Å². The Hall–Kier alpha value is -3.02. The zero-order valence-electron chi connectivity index (χ0n) is 19.6. The third-order valence-electron chi connectivity index (χ3n) is 6.41. The smallest absolute Gasteiger partial charge is 0.424 e. The largest absolute Gasteiger partial charge is 0.573 e. The first-order valence-corrected chi connectivity index (χ1v) is 12.4. The lowest BCUT2D eigenvalue weighted by atomic mass is 9.92. The molecular formula is C23H27F3N6O2S. The molecule has 2 aromatic heterocycles. The van der Waals surface area contributed by atoms with Crippen molar-refractivity contribution in [2.75, 3.05) is 23.3 Å². The molecule has 0 radical (unpaired) electrons. The van der Waals surface area contributed by atoms with Gasteiger partial charge in [-0.3, -0.25) is 0 Å². The summed E-state index contributed by atoms with van der Waals surface area (Å²) < 4.78 is 53.1. The summed E-state index contributed by atoms with van der Waals surface area (Å²) in [6, 6.07) is 7.90. The van der Waals surface area contributed by atoms with E-state index < -0.39 is 6.36 Å². The molecule has 3 heterocycles. The summed E-state index contributed by atoms with van der Waals surface area (Å²) >= 11 is 1.55. The third-order valence-corrected chi connectivity index (χ3v) is 7.35. The number of aromatic nitrogens is 4. The minimum absolute atomic E-state index is 0.0194. The molecule has 1 aliphatic carbocycles. The van der Waals surface area contributed by atoms with Gasteiger partial charge >= 0.3 is 12.4 Å². The number of halogens is 3. The summed E-state index contributed by atoms with van der Waals surface area (Å²) in [6.45, 7) is 7.88. The molecule has 2 bridgehead atoms.